The molecular formula is C11H10F3NO3. The summed E-state index contributed by atoms with van der Waals surface area (Å²) in [6.07, 6.45) is -0.374. The molecule has 0 saturated heterocycles. The Balaban J connectivity index is 2.97. The summed E-state index contributed by atoms with van der Waals surface area (Å²) in [5.41, 5.74) is -1.03. The SMILES string of the molecule is CN(CCC(=O)O)C(=O)c1c(F)ccc(F)c1F. The van der Waals surface area contributed by atoms with Gasteiger partial charge >= 0.3 is 5.97 Å². The number of aliphatic carboxylic acids is 1. The van der Waals surface area contributed by atoms with Gasteiger partial charge < -0.3 is 10.0 Å². The smallest absolute Gasteiger partial charge is 0.305 e. The number of halogens is 3. The zero-order valence-electron chi connectivity index (χ0n) is 9.41. The highest BCUT2D eigenvalue weighted by atomic mass is 19.2. The van der Waals surface area contributed by atoms with Gasteiger partial charge in [-0.05, 0) is 12.1 Å². The second kappa shape index (κ2) is 5.52. The molecule has 4 nitrogen and oxygen atoms in total. The Morgan fingerprint density at radius 3 is 2.33 bits per heavy atom. The van der Waals surface area contributed by atoms with E-state index in [4.69, 9.17) is 5.11 Å². The average Bonchev–Trinajstić information content (AvgIpc) is 2.31. The Bertz CT molecular complexity index is 491. The van der Waals surface area contributed by atoms with Crippen molar-refractivity contribution >= 4 is 11.9 Å². The predicted molar refractivity (Wildman–Crippen MR) is 55.5 cm³/mol. The molecule has 1 aromatic carbocycles. The first kappa shape index (κ1) is 14.0. The summed E-state index contributed by atoms with van der Waals surface area (Å²) in [6, 6.07) is 1.20. The maximum Gasteiger partial charge on any atom is 0.305 e. The van der Waals surface area contributed by atoms with Gasteiger partial charge in [0, 0.05) is 13.6 Å². The first-order chi connectivity index (χ1) is 8.34. The van der Waals surface area contributed by atoms with Crippen molar-refractivity contribution in [2.45, 2.75) is 6.42 Å². The van der Waals surface area contributed by atoms with Crippen molar-refractivity contribution in [2.75, 3.05) is 13.6 Å². The van der Waals surface area contributed by atoms with Gasteiger partial charge in [0.2, 0.25) is 0 Å². The van der Waals surface area contributed by atoms with Crippen molar-refractivity contribution in [1.29, 1.82) is 0 Å². The highest BCUT2D eigenvalue weighted by molar-refractivity contribution is 5.94. The largest absolute Gasteiger partial charge is 0.481 e. The number of carbonyl (C=O) groups is 2. The van der Waals surface area contributed by atoms with Gasteiger partial charge in [-0.25, -0.2) is 13.2 Å². The van der Waals surface area contributed by atoms with Crippen LogP contribution in [-0.2, 0) is 4.79 Å². The van der Waals surface area contributed by atoms with Gasteiger partial charge in [-0.15, -0.1) is 0 Å². The minimum Gasteiger partial charge on any atom is -0.481 e. The fraction of sp³-hybridized carbons (Fsp3) is 0.273. The summed E-state index contributed by atoms with van der Waals surface area (Å²) in [5.74, 6) is -6.38. The predicted octanol–water partition coefficient (Wildman–Crippen LogP) is 1.65. The van der Waals surface area contributed by atoms with Gasteiger partial charge in [0.25, 0.3) is 5.91 Å². The number of amides is 1. The summed E-state index contributed by atoms with van der Waals surface area (Å²) >= 11 is 0. The highest BCUT2D eigenvalue weighted by Gasteiger charge is 2.23. The molecule has 98 valence electrons. The number of rotatable bonds is 4. The highest BCUT2D eigenvalue weighted by Crippen LogP contribution is 2.17. The van der Waals surface area contributed by atoms with Crippen LogP contribution in [0.25, 0.3) is 0 Å². The molecule has 1 rings (SSSR count). The number of nitrogens with zero attached hydrogens (tertiary/aromatic N) is 1. The van der Waals surface area contributed by atoms with Crippen LogP contribution in [0.4, 0.5) is 13.2 Å². The minimum absolute atomic E-state index is 0.233. The zero-order valence-corrected chi connectivity index (χ0v) is 9.41. The van der Waals surface area contributed by atoms with Crippen LogP contribution < -0.4 is 0 Å². The minimum atomic E-state index is -1.58. The van der Waals surface area contributed by atoms with E-state index in [0.717, 1.165) is 4.90 Å². The monoisotopic (exact) mass is 261 g/mol. The van der Waals surface area contributed by atoms with Crippen molar-refractivity contribution in [3.05, 3.63) is 35.1 Å². The van der Waals surface area contributed by atoms with Gasteiger partial charge in [-0.3, -0.25) is 9.59 Å². The second-order valence-corrected chi connectivity index (χ2v) is 3.59. The number of benzene rings is 1. The molecule has 0 unspecified atom stereocenters. The van der Waals surface area contributed by atoms with E-state index < -0.39 is 34.9 Å². The van der Waals surface area contributed by atoms with Crippen LogP contribution in [0, 0.1) is 17.5 Å². The lowest BCUT2D eigenvalue weighted by Crippen LogP contribution is -2.30. The fourth-order valence-corrected chi connectivity index (χ4v) is 1.28. The standard InChI is InChI=1S/C11H10F3NO3/c1-15(5-4-8(16)17)11(18)9-6(12)2-3-7(13)10(9)14/h2-3H,4-5H2,1H3,(H,16,17). The zero-order chi connectivity index (χ0) is 13.9. The van der Waals surface area contributed by atoms with E-state index in [0.29, 0.717) is 12.1 Å². The van der Waals surface area contributed by atoms with Gasteiger partial charge in [0.05, 0.1) is 6.42 Å². The number of carboxylic acid groups (broad SMARTS) is 1. The lowest BCUT2D eigenvalue weighted by Gasteiger charge is -2.16. The Morgan fingerprint density at radius 1 is 1.22 bits per heavy atom. The molecule has 1 N–H and O–H groups in total. The first-order valence-electron chi connectivity index (χ1n) is 4.95. The van der Waals surface area contributed by atoms with E-state index >= 15 is 0 Å². The molecule has 1 amide bonds. The number of carbonyl (C=O) groups excluding carboxylic acids is 1. The summed E-state index contributed by atoms with van der Waals surface area (Å²) in [6.45, 7) is -0.233. The topological polar surface area (TPSA) is 57.6 Å². The maximum atomic E-state index is 13.3. The third-order valence-electron chi connectivity index (χ3n) is 2.27. The average molecular weight is 261 g/mol. The van der Waals surface area contributed by atoms with E-state index in [-0.39, 0.29) is 13.0 Å². The molecule has 0 saturated carbocycles. The third-order valence-corrected chi connectivity index (χ3v) is 2.27. The van der Waals surface area contributed by atoms with E-state index in [2.05, 4.69) is 0 Å². The van der Waals surface area contributed by atoms with E-state index in [1.807, 2.05) is 0 Å². The molecule has 7 heteroatoms. The van der Waals surface area contributed by atoms with Crippen molar-refractivity contribution in [2.24, 2.45) is 0 Å². The molecule has 0 atom stereocenters. The second-order valence-electron chi connectivity index (χ2n) is 3.59. The van der Waals surface area contributed by atoms with Crippen molar-refractivity contribution in [3.8, 4) is 0 Å². The molecule has 18 heavy (non-hydrogen) atoms. The summed E-state index contributed by atoms with van der Waals surface area (Å²) < 4.78 is 39.5. The van der Waals surface area contributed by atoms with Crippen LogP contribution >= 0.6 is 0 Å². The summed E-state index contributed by atoms with van der Waals surface area (Å²) in [4.78, 5) is 22.8. The van der Waals surface area contributed by atoms with Gasteiger partial charge in [-0.1, -0.05) is 0 Å². The third kappa shape index (κ3) is 2.99. The van der Waals surface area contributed by atoms with E-state index in [1.54, 1.807) is 0 Å². The molecule has 0 radical (unpaired) electrons. The molecule has 0 aromatic heterocycles. The van der Waals surface area contributed by atoms with Crippen LogP contribution in [0.1, 0.15) is 16.8 Å². The van der Waals surface area contributed by atoms with Crippen LogP contribution in [0.3, 0.4) is 0 Å². The van der Waals surface area contributed by atoms with Crippen LogP contribution in [-0.4, -0.2) is 35.5 Å². The van der Waals surface area contributed by atoms with E-state index in [1.165, 1.54) is 7.05 Å². The van der Waals surface area contributed by atoms with Gasteiger partial charge in [0.15, 0.2) is 11.6 Å². The summed E-state index contributed by atoms with van der Waals surface area (Å²) in [7, 11) is 1.18. The number of hydrogen-bond donors (Lipinski definition) is 1. The van der Waals surface area contributed by atoms with Crippen molar-refractivity contribution in [3.63, 3.8) is 0 Å². The van der Waals surface area contributed by atoms with Crippen LogP contribution in [0.15, 0.2) is 12.1 Å². The normalized spacial score (nSPS) is 10.2. The quantitative estimate of drug-likeness (QED) is 0.838. The molecule has 0 aliphatic carbocycles. The van der Waals surface area contributed by atoms with Crippen molar-refractivity contribution < 1.29 is 27.9 Å². The van der Waals surface area contributed by atoms with Crippen molar-refractivity contribution in [1.82, 2.24) is 4.90 Å². The van der Waals surface area contributed by atoms with Gasteiger partial charge in [0.1, 0.15) is 11.4 Å². The lowest BCUT2D eigenvalue weighted by molar-refractivity contribution is -0.137. The molecule has 0 aliphatic heterocycles. The maximum absolute atomic E-state index is 13.3. The Morgan fingerprint density at radius 2 is 1.78 bits per heavy atom. The molecule has 0 spiro atoms. The Kier molecular flexibility index (Phi) is 4.30. The molecule has 0 bridgehead atoms. The van der Waals surface area contributed by atoms with Crippen LogP contribution in [0.2, 0.25) is 0 Å². The summed E-state index contributed by atoms with van der Waals surface area (Å²) in [5, 5.41) is 8.42. The fourth-order valence-electron chi connectivity index (χ4n) is 1.28. The molecular weight excluding hydrogens is 251 g/mol. The van der Waals surface area contributed by atoms with Gasteiger partial charge in [-0.2, -0.15) is 0 Å². The molecule has 0 fully saturated rings. The lowest BCUT2D eigenvalue weighted by atomic mass is 10.1. The molecule has 0 heterocycles. The Hall–Kier alpha value is -2.05. The van der Waals surface area contributed by atoms with E-state index in [9.17, 15) is 22.8 Å². The molecule has 1 aromatic rings. The number of carboxylic acids is 1. The first-order valence-corrected chi connectivity index (χ1v) is 4.95. The van der Waals surface area contributed by atoms with Crippen LogP contribution in [0.5, 0.6) is 0 Å². The Labute approximate surface area is 101 Å². The number of hydrogen-bond acceptors (Lipinski definition) is 2. The molecule has 0 aliphatic rings.